The van der Waals surface area contributed by atoms with Gasteiger partial charge in [0.1, 0.15) is 0 Å². The summed E-state index contributed by atoms with van der Waals surface area (Å²) in [5, 5.41) is 8.92. The minimum Gasteiger partial charge on any atom is -0.396 e. The van der Waals surface area contributed by atoms with Crippen molar-refractivity contribution in [2.24, 2.45) is 0 Å². The second kappa shape index (κ2) is 8.21. The van der Waals surface area contributed by atoms with Crippen molar-refractivity contribution in [3.05, 3.63) is 65.2 Å². The van der Waals surface area contributed by atoms with E-state index in [4.69, 9.17) is 5.11 Å². The van der Waals surface area contributed by atoms with E-state index in [0.29, 0.717) is 19.5 Å². The molecule has 1 heterocycles. The van der Waals surface area contributed by atoms with Gasteiger partial charge in [-0.3, -0.25) is 4.79 Å². The molecule has 7 heteroatoms. The van der Waals surface area contributed by atoms with Crippen LogP contribution in [0.3, 0.4) is 0 Å². The highest BCUT2D eigenvalue weighted by atomic mass is 32.2. The molecule has 0 aliphatic carbocycles. The summed E-state index contributed by atoms with van der Waals surface area (Å²) in [5.74, 6) is -0.0850. The van der Waals surface area contributed by atoms with Gasteiger partial charge in [0, 0.05) is 25.6 Å². The maximum atomic E-state index is 12.8. The molecule has 0 unspecified atom stereocenters. The number of hydrogen-bond donors (Lipinski definition) is 2. The highest BCUT2D eigenvalue weighted by Gasteiger charge is 2.24. The number of nitrogens with one attached hydrogen (secondary N) is 1. The van der Waals surface area contributed by atoms with Gasteiger partial charge in [-0.2, -0.15) is 0 Å². The summed E-state index contributed by atoms with van der Waals surface area (Å²) < 4.78 is 28.2. The number of nitrogens with zero attached hydrogens (tertiary/aromatic N) is 1. The topological polar surface area (TPSA) is 86.7 Å². The fourth-order valence-electron chi connectivity index (χ4n) is 3.27. The molecule has 144 valence electrons. The first-order chi connectivity index (χ1) is 12.9. The van der Waals surface area contributed by atoms with Gasteiger partial charge in [-0.25, -0.2) is 13.1 Å². The van der Waals surface area contributed by atoms with Crippen LogP contribution in [0.2, 0.25) is 0 Å². The lowest BCUT2D eigenvalue weighted by Gasteiger charge is -2.29. The SMILES string of the molecule is C[C@H](NS(=O)(=O)c1ccc2c(c1)CCN(C(=O)CCO)C2)c1ccccc1. The summed E-state index contributed by atoms with van der Waals surface area (Å²) >= 11 is 0. The number of aliphatic hydroxyl groups is 1. The molecule has 6 nitrogen and oxygen atoms in total. The predicted octanol–water partition coefficient (Wildman–Crippen LogP) is 1.99. The Hall–Kier alpha value is -2.22. The third-order valence-corrected chi connectivity index (χ3v) is 6.35. The molecular weight excluding hydrogens is 364 g/mol. The van der Waals surface area contributed by atoms with Crippen LogP contribution in [0.25, 0.3) is 0 Å². The Labute approximate surface area is 159 Å². The molecule has 0 radical (unpaired) electrons. The first-order valence-electron chi connectivity index (χ1n) is 8.98. The molecule has 3 rings (SSSR count). The molecule has 2 N–H and O–H groups in total. The van der Waals surface area contributed by atoms with Crippen LogP contribution in [0.5, 0.6) is 0 Å². The fourth-order valence-corrected chi connectivity index (χ4v) is 4.56. The molecule has 1 atom stereocenters. The van der Waals surface area contributed by atoms with Crippen molar-refractivity contribution in [3.63, 3.8) is 0 Å². The highest BCUT2D eigenvalue weighted by Crippen LogP contribution is 2.24. The number of benzene rings is 2. The standard InChI is InChI=1S/C20H24N2O4S/c1-15(16-5-3-2-4-6-16)21-27(25,26)19-8-7-18-14-22(20(24)10-12-23)11-9-17(18)13-19/h2-8,13,15,21,23H,9-12,14H2,1H3/t15-/m0/s1. The van der Waals surface area contributed by atoms with Crippen LogP contribution in [0.4, 0.5) is 0 Å². The van der Waals surface area contributed by atoms with Gasteiger partial charge in [-0.15, -0.1) is 0 Å². The van der Waals surface area contributed by atoms with E-state index < -0.39 is 10.0 Å². The number of hydrogen-bond acceptors (Lipinski definition) is 4. The summed E-state index contributed by atoms with van der Waals surface area (Å²) in [6.07, 6.45) is 0.715. The van der Waals surface area contributed by atoms with E-state index in [1.165, 1.54) is 0 Å². The smallest absolute Gasteiger partial charge is 0.241 e. The van der Waals surface area contributed by atoms with E-state index in [0.717, 1.165) is 16.7 Å². The molecular formula is C20H24N2O4S. The number of rotatable bonds is 6. The second-order valence-corrected chi connectivity index (χ2v) is 8.44. The number of amides is 1. The van der Waals surface area contributed by atoms with E-state index >= 15 is 0 Å². The molecule has 1 aliphatic rings. The Morgan fingerprint density at radius 3 is 2.63 bits per heavy atom. The van der Waals surface area contributed by atoms with Gasteiger partial charge in [0.15, 0.2) is 0 Å². The average Bonchev–Trinajstić information content (AvgIpc) is 2.67. The Bertz CT molecular complexity index is 913. The normalized spacial score (nSPS) is 15.3. The monoisotopic (exact) mass is 388 g/mol. The molecule has 0 saturated carbocycles. The van der Waals surface area contributed by atoms with Gasteiger partial charge < -0.3 is 10.0 Å². The van der Waals surface area contributed by atoms with E-state index in [2.05, 4.69) is 4.72 Å². The van der Waals surface area contributed by atoms with Gasteiger partial charge >= 0.3 is 0 Å². The fraction of sp³-hybridized carbons (Fsp3) is 0.350. The van der Waals surface area contributed by atoms with Crippen LogP contribution in [0.15, 0.2) is 53.4 Å². The predicted molar refractivity (Wildman–Crippen MR) is 102 cm³/mol. The van der Waals surface area contributed by atoms with Gasteiger partial charge in [-0.05, 0) is 42.2 Å². The molecule has 1 amide bonds. The largest absolute Gasteiger partial charge is 0.396 e. The summed E-state index contributed by atoms with van der Waals surface area (Å²) in [4.78, 5) is 13.9. The molecule has 0 bridgehead atoms. The Balaban J connectivity index is 1.76. The van der Waals surface area contributed by atoms with Crippen LogP contribution in [0.1, 0.15) is 36.1 Å². The summed E-state index contributed by atoms with van der Waals surface area (Å²) in [6.45, 7) is 2.63. The number of sulfonamides is 1. The molecule has 2 aromatic carbocycles. The molecule has 0 aromatic heterocycles. The van der Waals surface area contributed by atoms with E-state index in [1.807, 2.05) is 37.3 Å². The van der Waals surface area contributed by atoms with Crippen molar-refractivity contribution in [2.75, 3.05) is 13.2 Å². The average molecular weight is 388 g/mol. The number of aliphatic hydroxyl groups excluding tert-OH is 1. The maximum absolute atomic E-state index is 12.8. The Morgan fingerprint density at radius 2 is 1.93 bits per heavy atom. The number of fused-ring (bicyclic) bond motifs is 1. The number of carbonyl (C=O) groups excluding carboxylic acids is 1. The van der Waals surface area contributed by atoms with E-state index in [-0.39, 0.29) is 29.9 Å². The Morgan fingerprint density at radius 1 is 1.19 bits per heavy atom. The highest BCUT2D eigenvalue weighted by molar-refractivity contribution is 7.89. The lowest BCUT2D eigenvalue weighted by atomic mass is 10.00. The van der Waals surface area contributed by atoms with Crippen molar-refractivity contribution in [3.8, 4) is 0 Å². The summed E-state index contributed by atoms with van der Waals surface area (Å²) in [7, 11) is -3.64. The first-order valence-corrected chi connectivity index (χ1v) is 10.5. The molecule has 2 aromatic rings. The zero-order valence-electron chi connectivity index (χ0n) is 15.3. The third kappa shape index (κ3) is 4.55. The van der Waals surface area contributed by atoms with Gasteiger partial charge in [0.2, 0.25) is 15.9 Å². The number of carbonyl (C=O) groups is 1. The van der Waals surface area contributed by atoms with Crippen molar-refractivity contribution >= 4 is 15.9 Å². The molecule has 27 heavy (non-hydrogen) atoms. The molecule has 0 spiro atoms. The lowest BCUT2D eigenvalue weighted by Crippen LogP contribution is -2.36. The van der Waals surface area contributed by atoms with Crippen LogP contribution in [-0.4, -0.2) is 37.5 Å². The lowest BCUT2D eigenvalue weighted by molar-refractivity contribution is -0.132. The summed E-state index contributed by atoms with van der Waals surface area (Å²) in [5.41, 5.74) is 2.79. The molecule has 0 saturated heterocycles. The minimum atomic E-state index is -3.64. The zero-order chi connectivity index (χ0) is 19.4. The zero-order valence-corrected chi connectivity index (χ0v) is 16.1. The van der Waals surface area contributed by atoms with Crippen LogP contribution >= 0.6 is 0 Å². The van der Waals surface area contributed by atoms with E-state index in [1.54, 1.807) is 23.1 Å². The van der Waals surface area contributed by atoms with Crippen molar-refractivity contribution in [2.45, 2.75) is 37.2 Å². The minimum absolute atomic E-state index is 0.0850. The van der Waals surface area contributed by atoms with Gasteiger partial charge in [0.05, 0.1) is 11.5 Å². The van der Waals surface area contributed by atoms with E-state index in [9.17, 15) is 13.2 Å². The van der Waals surface area contributed by atoms with Crippen LogP contribution in [-0.2, 0) is 27.8 Å². The molecule has 1 aliphatic heterocycles. The quantitative estimate of drug-likeness (QED) is 0.792. The first kappa shape index (κ1) is 19.5. The Kier molecular flexibility index (Phi) is 5.94. The summed E-state index contributed by atoms with van der Waals surface area (Å²) in [6, 6.07) is 14.1. The van der Waals surface area contributed by atoms with Crippen molar-refractivity contribution in [1.29, 1.82) is 0 Å². The van der Waals surface area contributed by atoms with Crippen molar-refractivity contribution in [1.82, 2.24) is 9.62 Å². The molecule has 0 fully saturated rings. The van der Waals surface area contributed by atoms with Crippen LogP contribution < -0.4 is 4.72 Å². The third-order valence-electron chi connectivity index (χ3n) is 4.81. The van der Waals surface area contributed by atoms with Crippen LogP contribution in [0, 0.1) is 0 Å². The second-order valence-electron chi connectivity index (χ2n) is 6.72. The van der Waals surface area contributed by atoms with Crippen molar-refractivity contribution < 1.29 is 18.3 Å². The maximum Gasteiger partial charge on any atom is 0.241 e. The van der Waals surface area contributed by atoms with Gasteiger partial charge in [-0.1, -0.05) is 36.4 Å². The van der Waals surface area contributed by atoms with Gasteiger partial charge in [0.25, 0.3) is 0 Å².